The summed E-state index contributed by atoms with van der Waals surface area (Å²) in [6.45, 7) is 2.85. The molecule has 3 aromatic rings. The van der Waals surface area contributed by atoms with Gasteiger partial charge in [-0.2, -0.15) is 0 Å². The topological polar surface area (TPSA) is 54.9 Å². The number of anilines is 1. The maximum atomic E-state index is 13.0. The van der Waals surface area contributed by atoms with Crippen molar-refractivity contribution >= 4 is 11.6 Å². The van der Waals surface area contributed by atoms with Gasteiger partial charge in [0.15, 0.2) is 6.04 Å². The molecule has 3 N–H and O–H groups in total. The molecule has 1 amide bonds. The number of carbonyl (C=O) groups excluding carboxylic acids is 1. The second-order valence-electron chi connectivity index (χ2n) is 6.87. The molecule has 0 aliphatic rings. The number of amides is 1. The molecular formula is C24H27N2O2+. The summed E-state index contributed by atoms with van der Waals surface area (Å²) in [5.74, 6) is 0.845. The van der Waals surface area contributed by atoms with Crippen molar-refractivity contribution in [2.45, 2.75) is 19.4 Å². The van der Waals surface area contributed by atoms with Gasteiger partial charge in [-0.25, -0.2) is 0 Å². The van der Waals surface area contributed by atoms with Crippen molar-refractivity contribution in [1.29, 1.82) is 0 Å². The van der Waals surface area contributed by atoms with Crippen LogP contribution in [0.2, 0.25) is 0 Å². The van der Waals surface area contributed by atoms with Gasteiger partial charge in [0.25, 0.3) is 5.91 Å². The van der Waals surface area contributed by atoms with Gasteiger partial charge in [-0.1, -0.05) is 60.2 Å². The summed E-state index contributed by atoms with van der Waals surface area (Å²) in [4.78, 5) is 13.0. The summed E-state index contributed by atoms with van der Waals surface area (Å²) in [6, 6.07) is 25.6. The summed E-state index contributed by atoms with van der Waals surface area (Å²) in [5.41, 5.74) is 4.22. The highest BCUT2D eigenvalue weighted by Gasteiger charge is 2.23. The number of quaternary nitrogens is 1. The normalized spacial score (nSPS) is 11.6. The van der Waals surface area contributed by atoms with Crippen LogP contribution in [0.15, 0.2) is 78.9 Å². The van der Waals surface area contributed by atoms with Crippen molar-refractivity contribution in [2.75, 3.05) is 19.0 Å². The Morgan fingerprint density at radius 2 is 1.64 bits per heavy atom. The third-order valence-corrected chi connectivity index (χ3v) is 4.75. The molecule has 0 fully saturated rings. The smallest absolute Gasteiger partial charge is 0.287 e. The zero-order chi connectivity index (χ0) is 19.8. The number of rotatable bonds is 8. The first-order chi connectivity index (χ1) is 13.7. The Hall–Kier alpha value is -3.11. The molecule has 144 valence electrons. The summed E-state index contributed by atoms with van der Waals surface area (Å²) >= 11 is 0. The lowest BCUT2D eigenvalue weighted by molar-refractivity contribution is -0.682. The highest BCUT2D eigenvalue weighted by Crippen LogP contribution is 2.14. The zero-order valence-electron chi connectivity index (χ0n) is 16.4. The minimum Gasteiger partial charge on any atom is -0.497 e. The van der Waals surface area contributed by atoms with Crippen LogP contribution in [0.25, 0.3) is 0 Å². The first kappa shape index (κ1) is 19.6. The van der Waals surface area contributed by atoms with Gasteiger partial charge in [-0.15, -0.1) is 0 Å². The van der Waals surface area contributed by atoms with Gasteiger partial charge in [0.2, 0.25) is 0 Å². The van der Waals surface area contributed by atoms with Gasteiger partial charge in [0.1, 0.15) is 5.75 Å². The van der Waals surface area contributed by atoms with E-state index in [9.17, 15) is 4.79 Å². The Balaban J connectivity index is 1.66. The van der Waals surface area contributed by atoms with Gasteiger partial charge in [-0.05, 0) is 36.8 Å². The summed E-state index contributed by atoms with van der Waals surface area (Å²) < 4.78 is 5.20. The van der Waals surface area contributed by atoms with Crippen LogP contribution in [-0.4, -0.2) is 19.6 Å². The lowest BCUT2D eigenvalue weighted by atomic mass is 10.1. The van der Waals surface area contributed by atoms with Crippen LogP contribution in [0.5, 0.6) is 5.75 Å². The van der Waals surface area contributed by atoms with E-state index in [4.69, 9.17) is 4.74 Å². The number of hydrogen-bond donors (Lipinski definition) is 2. The van der Waals surface area contributed by atoms with Crippen LogP contribution in [-0.2, 0) is 11.2 Å². The van der Waals surface area contributed by atoms with Crippen LogP contribution in [0, 0.1) is 6.92 Å². The van der Waals surface area contributed by atoms with E-state index in [1.165, 1.54) is 11.1 Å². The molecule has 3 rings (SSSR count). The van der Waals surface area contributed by atoms with Crippen LogP contribution in [0.4, 0.5) is 5.69 Å². The number of methoxy groups -OCH3 is 1. The molecule has 0 saturated heterocycles. The molecule has 0 spiro atoms. The second-order valence-corrected chi connectivity index (χ2v) is 6.87. The Morgan fingerprint density at radius 1 is 0.964 bits per heavy atom. The lowest BCUT2D eigenvalue weighted by Crippen LogP contribution is -2.87. The second kappa shape index (κ2) is 9.72. The van der Waals surface area contributed by atoms with E-state index in [0.717, 1.165) is 30.0 Å². The minimum atomic E-state index is -0.291. The third-order valence-electron chi connectivity index (χ3n) is 4.75. The highest BCUT2D eigenvalue weighted by atomic mass is 16.5. The fourth-order valence-corrected chi connectivity index (χ4v) is 3.12. The zero-order valence-corrected chi connectivity index (χ0v) is 16.4. The Bertz CT molecular complexity index is 875. The van der Waals surface area contributed by atoms with E-state index in [-0.39, 0.29) is 11.9 Å². The SMILES string of the molecule is COc1ccc(CC[NH2+][C@H](C(=O)Nc2ccc(C)cc2)c2ccccc2)cc1. The molecule has 0 saturated carbocycles. The molecule has 1 atom stereocenters. The molecule has 0 aromatic heterocycles. The molecule has 0 unspecified atom stereocenters. The quantitative estimate of drug-likeness (QED) is 0.633. The van der Waals surface area contributed by atoms with Crippen molar-refractivity contribution in [3.05, 3.63) is 95.6 Å². The van der Waals surface area contributed by atoms with Crippen molar-refractivity contribution < 1.29 is 14.8 Å². The van der Waals surface area contributed by atoms with Crippen molar-refractivity contribution in [3.63, 3.8) is 0 Å². The summed E-state index contributed by atoms with van der Waals surface area (Å²) in [5, 5.41) is 5.15. The first-order valence-electron chi connectivity index (χ1n) is 9.54. The molecule has 0 radical (unpaired) electrons. The first-order valence-corrected chi connectivity index (χ1v) is 9.54. The molecule has 0 aliphatic carbocycles. The summed E-state index contributed by atoms with van der Waals surface area (Å²) in [6.07, 6.45) is 0.880. The van der Waals surface area contributed by atoms with E-state index in [1.807, 2.05) is 73.7 Å². The Morgan fingerprint density at radius 3 is 2.29 bits per heavy atom. The van der Waals surface area contributed by atoms with Crippen LogP contribution in [0.1, 0.15) is 22.7 Å². The van der Waals surface area contributed by atoms with E-state index in [0.29, 0.717) is 0 Å². The number of nitrogens with one attached hydrogen (secondary N) is 1. The van der Waals surface area contributed by atoms with Gasteiger partial charge in [-0.3, -0.25) is 4.79 Å². The molecule has 0 heterocycles. The van der Waals surface area contributed by atoms with Crippen LogP contribution < -0.4 is 15.4 Å². The number of ether oxygens (including phenoxy) is 1. The fraction of sp³-hybridized carbons (Fsp3) is 0.208. The largest absolute Gasteiger partial charge is 0.497 e. The monoisotopic (exact) mass is 375 g/mol. The molecule has 3 aromatic carbocycles. The summed E-state index contributed by atoms with van der Waals surface area (Å²) in [7, 11) is 1.67. The Labute approximate surface area is 166 Å². The lowest BCUT2D eigenvalue weighted by Gasteiger charge is -2.16. The predicted molar refractivity (Wildman–Crippen MR) is 112 cm³/mol. The molecule has 0 bridgehead atoms. The molecule has 4 nitrogen and oxygen atoms in total. The molecule has 0 aliphatic heterocycles. The maximum Gasteiger partial charge on any atom is 0.287 e. The number of benzene rings is 3. The highest BCUT2D eigenvalue weighted by molar-refractivity contribution is 5.94. The van der Waals surface area contributed by atoms with Crippen molar-refractivity contribution in [2.24, 2.45) is 0 Å². The average Bonchev–Trinajstić information content (AvgIpc) is 2.74. The average molecular weight is 375 g/mol. The van der Waals surface area contributed by atoms with Gasteiger partial charge in [0.05, 0.1) is 13.7 Å². The number of aryl methyl sites for hydroxylation is 1. The fourth-order valence-electron chi connectivity index (χ4n) is 3.12. The van der Waals surface area contributed by atoms with Crippen molar-refractivity contribution in [1.82, 2.24) is 0 Å². The standard InChI is InChI=1S/C24H26N2O2/c1-18-8-12-21(13-9-18)26-24(27)23(20-6-4-3-5-7-20)25-17-16-19-10-14-22(28-2)15-11-19/h3-15,23,25H,16-17H2,1-2H3,(H,26,27)/p+1/t23-/m0/s1. The minimum absolute atomic E-state index is 0.00946. The maximum absolute atomic E-state index is 13.0. The number of carbonyl (C=O) groups is 1. The van der Waals surface area contributed by atoms with Crippen LogP contribution >= 0.6 is 0 Å². The predicted octanol–water partition coefficient (Wildman–Crippen LogP) is 3.49. The number of hydrogen-bond acceptors (Lipinski definition) is 2. The molecular weight excluding hydrogens is 348 g/mol. The van der Waals surface area contributed by atoms with Gasteiger partial charge < -0.3 is 15.4 Å². The van der Waals surface area contributed by atoms with Crippen LogP contribution in [0.3, 0.4) is 0 Å². The van der Waals surface area contributed by atoms with E-state index in [1.54, 1.807) is 7.11 Å². The van der Waals surface area contributed by atoms with Crippen molar-refractivity contribution in [3.8, 4) is 5.75 Å². The van der Waals surface area contributed by atoms with E-state index >= 15 is 0 Å². The van der Waals surface area contributed by atoms with Gasteiger partial charge >= 0.3 is 0 Å². The number of nitrogens with two attached hydrogens (primary N) is 1. The van der Waals surface area contributed by atoms with E-state index < -0.39 is 0 Å². The Kier molecular flexibility index (Phi) is 6.82. The third kappa shape index (κ3) is 5.44. The molecule has 4 heteroatoms. The van der Waals surface area contributed by atoms with Gasteiger partial charge in [0, 0.05) is 17.7 Å². The van der Waals surface area contributed by atoms with E-state index in [2.05, 4.69) is 22.8 Å². The molecule has 28 heavy (non-hydrogen) atoms.